The van der Waals surface area contributed by atoms with Crippen LogP contribution in [-0.2, 0) is 4.79 Å². The van der Waals surface area contributed by atoms with Crippen molar-refractivity contribution in [2.45, 2.75) is 32.2 Å². The predicted octanol–water partition coefficient (Wildman–Crippen LogP) is 0.610. The summed E-state index contributed by atoms with van der Waals surface area (Å²) in [5.74, 6) is 2.44. The lowest BCUT2D eigenvalue weighted by molar-refractivity contribution is -0.122. The van der Waals surface area contributed by atoms with Crippen LogP contribution in [0.1, 0.15) is 26.2 Å². The second-order valence-corrected chi connectivity index (χ2v) is 3.80. The van der Waals surface area contributed by atoms with Gasteiger partial charge in [-0.05, 0) is 26.3 Å². The van der Waals surface area contributed by atoms with Gasteiger partial charge in [0.05, 0.1) is 13.1 Å². The summed E-state index contributed by atoms with van der Waals surface area (Å²) in [7, 11) is 0. The fraction of sp³-hybridized carbons (Fsp3) is 0.727. The van der Waals surface area contributed by atoms with Gasteiger partial charge in [0.25, 0.3) is 0 Å². The van der Waals surface area contributed by atoms with E-state index >= 15 is 0 Å². The van der Waals surface area contributed by atoms with E-state index < -0.39 is 0 Å². The number of terminal acetylenes is 1. The van der Waals surface area contributed by atoms with Gasteiger partial charge in [0.2, 0.25) is 5.91 Å². The second-order valence-electron chi connectivity index (χ2n) is 3.80. The zero-order chi connectivity index (χ0) is 10.4. The van der Waals surface area contributed by atoms with Crippen molar-refractivity contribution < 1.29 is 4.79 Å². The zero-order valence-electron chi connectivity index (χ0n) is 8.75. The molecule has 1 amide bonds. The summed E-state index contributed by atoms with van der Waals surface area (Å²) in [6.45, 7) is 4.03. The quantitative estimate of drug-likeness (QED) is 0.668. The van der Waals surface area contributed by atoms with Crippen molar-refractivity contribution in [1.82, 2.24) is 10.2 Å². The normalized spacial score (nSPS) is 22.7. The maximum Gasteiger partial charge on any atom is 0.234 e. The number of carbonyl (C=O) groups excluding carboxylic acids is 1. The number of likely N-dealkylation sites (tertiary alicyclic amines) is 1. The van der Waals surface area contributed by atoms with Crippen molar-refractivity contribution >= 4 is 5.91 Å². The van der Waals surface area contributed by atoms with Crippen LogP contribution in [0.25, 0.3) is 0 Å². The molecule has 1 atom stereocenters. The Morgan fingerprint density at radius 3 is 3.07 bits per heavy atom. The molecular weight excluding hydrogens is 176 g/mol. The minimum Gasteiger partial charge on any atom is -0.344 e. The number of hydrogen-bond donors (Lipinski definition) is 1. The van der Waals surface area contributed by atoms with E-state index in [0.29, 0.717) is 19.1 Å². The summed E-state index contributed by atoms with van der Waals surface area (Å²) >= 11 is 0. The SMILES string of the molecule is C#CCNC(=O)CN1CCCCC1C. The topological polar surface area (TPSA) is 32.3 Å². The summed E-state index contributed by atoms with van der Waals surface area (Å²) in [6, 6.07) is 0.528. The van der Waals surface area contributed by atoms with Gasteiger partial charge in [-0.2, -0.15) is 0 Å². The molecule has 1 heterocycles. The van der Waals surface area contributed by atoms with Gasteiger partial charge in [0.15, 0.2) is 0 Å². The Labute approximate surface area is 85.9 Å². The second kappa shape index (κ2) is 5.66. The standard InChI is InChI=1S/C11H18N2O/c1-3-7-12-11(14)9-13-8-5-4-6-10(13)2/h1,10H,4-9H2,2H3,(H,12,14). The molecule has 14 heavy (non-hydrogen) atoms. The minimum absolute atomic E-state index is 0.0386. The molecule has 1 aliphatic heterocycles. The highest BCUT2D eigenvalue weighted by atomic mass is 16.2. The molecule has 0 aromatic carbocycles. The van der Waals surface area contributed by atoms with E-state index in [2.05, 4.69) is 23.1 Å². The van der Waals surface area contributed by atoms with Crippen molar-refractivity contribution in [3.05, 3.63) is 0 Å². The first-order valence-corrected chi connectivity index (χ1v) is 5.18. The molecule has 1 N–H and O–H groups in total. The zero-order valence-corrected chi connectivity index (χ0v) is 8.75. The predicted molar refractivity (Wildman–Crippen MR) is 56.7 cm³/mol. The molecule has 1 aliphatic rings. The smallest absolute Gasteiger partial charge is 0.234 e. The third-order valence-electron chi connectivity index (χ3n) is 2.67. The molecule has 0 saturated carbocycles. The molecule has 3 nitrogen and oxygen atoms in total. The average molecular weight is 194 g/mol. The molecule has 1 rings (SSSR count). The van der Waals surface area contributed by atoms with Crippen LogP contribution in [0.3, 0.4) is 0 Å². The molecule has 0 bridgehead atoms. The van der Waals surface area contributed by atoms with Gasteiger partial charge in [0.1, 0.15) is 0 Å². The first kappa shape index (κ1) is 11.1. The van der Waals surface area contributed by atoms with Crippen LogP contribution in [0.4, 0.5) is 0 Å². The van der Waals surface area contributed by atoms with Crippen LogP contribution < -0.4 is 5.32 Å². The lowest BCUT2D eigenvalue weighted by Crippen LogP contribution is -2.44. The van der Waals surface area contributed by atoms with Gasteiger partial charge in [-0.3, -0.25) is 9.69 Å². The molecule has 0 radical (unpaired) electrons. The van der Waals surface area contributed by atoms with Crippen LogP contribution in [0.5, 0.6) is 0 Å². The van der Waals surface area contributed by atoms with E-state index in [4.69, 9.17) is 6.42 Å². The Hall–Kier alpha value is -1.01. The van der Waals surface area contributed by atoms with E-state index in [0.717, 1.165) is 6.54 Å². The van der Waals surface area contributed by atoms with Crippen molar-refractivity contribution in [2.75, 3.05) is 19.6 Å². The van der Waals surface area contributed by atoms with Crippen LogP contribution in [-0.4, -0.2) is 36.5 Å². The average Bonchev–Trinajstić information content (AvgIpc) is 2.18. The lowest BCUT2D eigenvalue weighted by atomic mass is 10.0. The van der Waals surface area contributed by atoms with E-state index in [-0.39, 0.29) is 5.91 Å². The molecular formula is C11H18N2O. The summed E-state index contributed by atoms with van der Waals surface area (Å²) < 4.78 is 0. The Morgan fingerprint density at radius 2 is 2.43 bits per heavy atom. The summed E-state index contributed by atoms with van der Waals surface area (Å²) in [5, 5.41) is 2.68. The van der Waals surface area contributed by atoms with Gasteiger partial charge in [0, 0.05) is 6.04 Å². The summed E-state index contributed by atoms with van der Waals surface area (Å²) in [4.78, 5) is 13.6. The molecule has 0 aliphatic carbocycles. The fourth-order valence-corrected chi connectivity index (χ4v) is 1.78. The van der Waals surface area contributed by atoms with Crippen LogP contribution in [0.15, 0.2) is 0 Å². The summed E-state index contributed by atoms with van der Waals surface area (Å²) in [5.41, 5.74) is 0. The number of hydrogen-bond acceptors (Lipinski definition) is 2. The first-order valence-electron chi connectivity index (χ1n) is 5.18. The Morgan fingerprint density at radius 1 is 1.64 bits per heavy atom. The van der Waals surface area contributed by atoms with Crippen molar-refractivity contribution in [3.63, 3.8) is 0 Å². The van der Waals surface area contributed by atoms with E-state index in [1.165, 1.54) is 19.3 Å². The first-order chi connectivity index (χ1) is 6.74. The van der Waals surface area contributed by atoms with Crippen molar-refractivity contribution in [3.8, 4) is 12.3 Å². The van der Waals surface area contributed by atoms with Crippen molar-refractivity contribution in [2.24, 2.45) is 0 Å². The van der Waals surface area contributed by atoms with E-state index in [1.54, 1.807) is 0 Å². The fourth-order valence-electron chi connectivity index (χ4n) is 1.78. The minimum atomic E-state index is 0.0386. The number of carbonyl (C=O) groups is 1. The van der Waals surface area contributed by atoms with E-state index in [1.807, 2.05) is 0 Å². The molecule has 78 valence electrons. The number of nitrogens with one attached hydrogen (secondary N) is 1. The number of nitrogens with zero attached hydrogens (tertiary/aromatic N) is 1. The highest BCUT2D eigenvalue weighted by molar-refractivity contribution is 5.78. The van der Waals surface area contributed by atoms with Crippen LogP contribution in [0.2, 0.25) is 0 Å². The van der Waals surface area contributed by atoms with Gasteiger partial charge in [-0.1, -0.05) is 12.3 Å². The van der Waals surface area contributed by atoms with Crippen LogP contribution in [0, 0.1) is 12.3 Å². The van der Waals surface area contributed by atoms with Gasteiger partial charge >= 0.3 is 0 Å². The highest BCUT2D eigenvalue weighted by Crippen LogP contribution is 2.15. The van der Waals surface area contributed by atoms with Crippen LogP contribution >= 0.6 is 0 Å². The maximum atomic E-state index is 11.4. The number of amides is 1. The molecule has 1 fully saturated rings. The molecule has 3 heteroatoms. The van der Waals surface area contributed by atoms with Gasteiger partial charge in [-0.15, -0.1) is 6.42 Å². The largest absolute Gasteiger partial charge is 0.344 e. The Kier molecular flexibility index (Phi) is 4.48. The van der Waals surface area contributed by atoms with Gasteiger partial charge < -0.3 is 5.32 Å². The molecule has 1 unspecified atom stereocenters. The molecule has 0 aromatic heterocycles. The monoisotopic (exact) mass is 194 g/mol. The number of rotatable bonds is 3. The Balaban J connectivity index is 2.28. The Bertz CT molecular complexity index is 232. The number of piperidine rings is 1. The molecule has 0 spiro atoms. The highest BCUT2D eigenvalue weighted by Gasteiger charge is 2.19. The maximum absolute atomic E-state index is 11.4. The third kappa shape index (κ3) is 3.39. The van der Waals surface area contributed by atoms with Gasteiger partial charge in [-0.25, -0.2) is 0 Å². The lowest BCUT2D eigenvalue weighted by Gasteiger charge is -2.32. The molecule has 0 aromatic rings. The summed E-state index contributed by atoms with van der Waals surface area (Å²) in [6.07, 6.45) is 8.74. The van der Waals surface area contributed by atoms with Crippen molar-refractivity contribution in [1.29, 1.82) is 0 Å². The molecule has 1 saturated heterocycles. The van der Waals surface area contributed by atoms with E-state index in [9.17, 15) is 4.79 Å². The third-order valence-corrected chi connectivity index (χ3v) is 2.67.